The van der Waals surface area contributed by atoms with Crippen molar-refractivity contribution in [3.05, 3.63) is 9.98 Å². The van der Waals surface area contributed by atoms with Crippen molar-refractivity contribution < 1.29 is 0 Å². The Morgan fingerprint density at radius 1 is 1.53 bits per heavy atom. The van der Waals surface area contributed by atoms with E-state index in [0.717, 1.165) is 10.5 Å². The van der Waals surface area contributed by atoms with Crippen LogP contribution < -0.4 is 4.90 Å². The van der Waals surface area contributed by atoms with Gasteiger partial charge in [0.2, 0.25) is 0 Å². The number of hydrogen-bond acceptors (Lipinski definition) is 3. The molecule has 84 valence electrons. The number of anilines is 1. The van der Waals surface area contributed by atoms with Crippen LogP contribution in [0.3, 0.4) is 0 Å². The molecule has 1 aromatic heterocycles. The zero-order valence-corrected chi connectivity index (χ0v) is 11.5. The van der Waals surface area contributed by atoms with Gasteiger partial charge in [0.25, 0.3) is 0 Å². The van der Waals surface area contributed by atoms with E-state index in [9.17, 15) is 0 Å². The van der Waals surface area contributed by atoms with Gasteiger partial charge in [0, 0.05) is 18.5 Å². The van der Waals surface area contributed by atoms with Crippen molar-refractivity contribution in [1.82, 2.24) is 4.98 Å². The Bertz CT molecular complexity index is 313. The molecule has 0 amide bonds. The van der Waals surface area contributed by atoms with Crippen molar-refractivity contribution in [3.8, 4) is 0 Å². The van der Waals surface area contributed by atoms with Crippen LogP contribution in [0.25, 0.3) is 0 Å². The Morgan fingerprint density at radius 2 is 2.40 bits per heavy atom. The quantitative estimate of drug-likeness (QED) is 0.820. The molecule has 0 aromatic carbocycles. The molecular formula is C11H17BrN2S. The molecule has 0 saturated carbocycles. The summed E-state index contributed by atoms with van der Waals surface area (Å²) < 4.78 is 0.971. The summed E-state index contributed by atoms with van der Waals surface area (Å²) in [6.07, 6.45) is 5.36. The number of hydrogen-bond donors (Lipinski definition) is 0. The van der Waals surface area contributed by atoms with Gasteiger partial charge in [-0.2, -0.15) is 0 Å². The minimum absolute atomic E-state index is 0.929. The van der Waals surface area contributed by atoms with Crippen LogP contribution in [0, 0.1) is 5.92 Å². The van der Waals surface area contributed by atoms with E-state index in [-0.39, 0.29) is 0 Å². The van der Waals surface area contributed by atoms with Crippen LogP contribution in [0.2, 0.25) is 0 Å². The molecule has 0 bridgehead atoms. The third-order valence-electron chi connectivity index (χ3n) is 3.16. The first-order chi connectivity index (χ1) is 7.29. The van der Waals surface area contributed by atoms with Gasteiger partial charge in [-0.25, -0.2) is 4.98 Å². The molecule has 0 aliphatic carbocycles. The Hall–Kier alpha value is -0.0900. The normalized spacial score (nSPS) is 22.8. The van der Waals surface area contributed by atoms with E-state index < -0.39 is 0 Å². The summed E-state index contributed by atoms with van der Waals surface area (Å²) in [5.74, 6) is 0.929. The molecule has 1 aliphatic rings. The highest BCUT2D eigenvalue weighted by molar-refractivity contribution is 9.10. The highest BCUT2D eigenvalue weighted by Crippen LogP contribution is 2.28. The third kappa shape index (κ3) is 2.94. The van der Waals surface area contributed by atoms with Crippen molar-refractivity contribution in [3.63, 3.8) is 0 Å². The van der Waals surface area contributed by atoms with Gasteiger partial charge in [-0.1, -0.05) is 13.3 Å². The molecule has 2 nitrogen and oxygen atoms in total. The summed E-state index contributed by atoms with van der Waals surface area (Å²) in [7, 11) is 0. The van der Waals surface area contributed by atoms with Crippen LogP contribution in [0.5, 0.6) is 0 Å². The summed E-state index contributed by atoms with van der Waals surface area (Å²) >= 11 is 5.16. The van der Waals surface area contributed by atoms with E-state index in [0.29, 0.717) is 0 Å². The number of halogens is 1. The first-order valence-corrected chi connectivity index (χ1v) is 7.33. The molecule has 0 spiro atoms. The maximum Gasteiger partial charge on any atom is 0.186 e. The third-order valence-corrected chi connectivity index (χ3v) is 4.77. The van der Waals surface area contributed by atoms with Crippen molar-refractivity contribution in [2.45, 2.75) is 32.6 Å². The van der Waals surface area contributed by atoms with Crippen LogP contribution in [-0.4, -0.2) is 18.1 Å². The fraction of sp³-hybridized carbons (Fsp3) is 0.727. The molecular weight excluding hydrogens is 272 g/mol. The molecule has 1 aromatic rings. The van der Waals surface area contributed by atoms with Gasteiger partial charge in [0.1, 0.15) is 4.60 Å². The number of aromatic nitrogens is 1. The average molecular weight is 289 g/mol. The minimum atomic E-state index is 0.929. The summed E-state index contributed by atoms with van der Waals surface area (Å²) in [4.78, 5) is 6.92. The lowest BCUT2D eigenvalue weighted by atomic mass is 9.98. The second-order valence-corrected chi connectivity index (χ2v) is 5.79. The Balaban J connectivity index is 1.99. The predicted molar refractivity (Wildman–Crippen MR) is 69.7 cm³/mol. The molecule has 0 radical (unpaired) electrons. The lowest BCUT2D eigenvalue weighted by molar-refractivity contribution is 0.459. The maximum atomic E-state index is 4.49. The van der Waals surface area contributed by atoms with Gasteiger partial charge < -0.3 is 4.90 Å². The lowest BCUT2D eigenvalue weighted by Gasteiger charge is -2.19. The van der Waals surface area contributed by atoms with Gasteiger partial charge in [-0.05, 0) is 41.1 Å². The van der Waals surface area contributed by atoms with E-state index in [1.807, 2.05) is 0 Å². The maximum absolute atomic E-state index is 4.49. The van der Waals surface area contributed by atoms with Crippen molar-refractivity contribution in [2.24, 2.45) is 5.92 Å². The minimum Gasteiger partial charge on any atom is -0.348 e. The summed E-state index contributed by atoms with van der Waals surface area (Å²) in [6, 6.07) is 0. The number of rotatable bonds is 2. The molecule has 1 fully saturated rings. The van der Waals surface area contributed by atoms with E-state index in [1.54, 1.807) is 11.3 Å². The SMILES string of the molecule is CCC1CCCN(c2nc(Br)cs2)CC1. The standard InChI is InChI=1S/C11H17BrN2S/c1-2-9-4-3-6-14(7-5-9)11-13-10(12)8-15-11/h8-9H,2-7H2,1H3. The molecule has 1 aliphatic heterocycles. The zero-order chi connectivity index (χ0) is 10.7. The van der Waals surface area contributed by atoms with E-state index in [1.165, 1.54) is 43.9 Å². The van der Waals surface area contributed by atoms with Gasteiger partial charge in [0.15, 0.2) is 5.13 Å². The van der Waals surface area contributed by atoms with E-state index in [2.05, 4.69) is 38.1 Å². The van der Waals surface area contributed by atoms with Gasteiger partial charge in [-0.3, -0.25) is 0 Å². The second-order valence-electron chi connectivity index (χ2n) is 4.15. The van der Waals surface area contributed by atoms with Gasteiger partial charge >= 0.3 is 0 Å². The lowest BCUT2D eigenvalue weighted by Crippen LogP contribution is -2.23. The first-order valence-electron chi connectivity index (χ1n) is 5.65. The highest BCUT2D eigenvalue weighted by Gasteiger charge is 2.17. The molecule has 1 unspecified atom stereocenters. The monoisotopic (exact) mass is 288 g/mol. The first kappa shape index (κ1) is 11.4. The number of nitrogens with zero attached hydrogens (tertiary/aromatic N) is 2. The smallest absolute Gasteiger partial charge is 0.186 e. The molecule has 2 rings (SSSR count). The topological polar surface area (TPSA) is 16.1 Å². The van der Waals surface area contributed by atoms with Crippen molar-refractivity contribution in [1.29, 1.82) is 0 Å². The van der Waals surface area contributed by atoms with E-state index in [4.69, 9.17) is 0 Å². The number of thiazole rings is 1. The molecule has 1 saturated heterocycles. The summed E-state index contributed by atoms with van der Waals surface area (Å²) in [5.41, 5.74) is 0. The molecule has 4 heteroatoms. The van der Waals surface area contributed by atoms with Crippen LogP contribution in [-0.2, 0) is 0 Å². The summed E-state index contributed by atoms with van der Waals surface area (Å²) in [6.45, 7) is 4.66. The highest BCUT2D eigenvalue weighted by atomic mass is 79.9. The zero-order valence-electron chi connectivity index (χ0n) is 9.08. The van der Waals surface area contributed by atoms with Crippen LogP contribution in [0.4, 0.5) is 5.13 Å². The van der Waals surface area contributed by atoms with Crippen molar-refractivity contribution >= 4 is 32.4 Å². The predicted octanol–water partition coefficient (Wildman–Crippen LogP) is 3.92. The second kappa shape index (κ2) is 5.30. The molecule has 1 atom stereocenters. The average Bonchev–Trinajstić information content (AvgIpc) is 2.54. The largest absolute Gasteiger partial charge is 0.348 e. The van der Waals surface area contributed by atoms with Gasteiger partial charge in [-0.15, -0.1) is 11.3 Å². The molecule has 15 heavy (non-hydrogen) atoms. The fourth-order valence-corrected chi connectivity index (χ4v) is 3.46. The Labute approximate surface area is 104 Å². The van der Waals surface area contributed by atoms with Crippen LogP contribution in [0.15, 0.2) is 9.98 Å². The Morgan fingerprint density at radius 3 is 3.07 bits per heavy atom. The van der Waals surface area contributed by atoms with Crippen molar-refractivity contribution in [2.75, 3.05) is 18.0 Å². The summed E-state index contributed by atoms with van der Waals surface area (Å²) in [5, 5.41) is 3.25. The fourth-order valence-electron chi connectivity index (χ4n) is 2.16. The van der Waals surface area contributed by atoms with E-state index >= 15 is 0 Å². The van der Waals surface area contributed by atoms with Crippen LogP contribution in [0.1, 0.15) is 32.6 Å². The van der Waals surface area contributed by atoms with Gasteiger partial charge in [0.05, 0.1) is 0 Å². The van der Waals surface area contributed by atoms with Crippen LogP contribution >= 0.6 is 27.3 Å². The molecule has 0 N–H and O–H groups in total. The molecule has 2 heterocycles. The Kier molecular flexibility index (Phi) is 4.03.